The molecule has 39 heavy (non-hydrogen) atoms. The van der Waals surface area contributed by atoms with E-state index in [0.717, 1.165) is 11.4 Å². The first-order valence-electron chi connectivity index (χ1n) is 13.4. The van der Waals surface area contributed by atoms with E-state index in [-0.39, 0.29) is 0 Å². The molecule has 0 aliphatic carbocycles. The quantitative estimate of drug-likeness (QED) is 0.249. The Bertz CT molecular complexity index is 1900. The molecule has 184 valence electrons. The fourth-order valence-corrected chi connectivity index (χ4v) is 5.35. The van der Waals surface area contributed by atoms with E-state index in [4.69, 9.17) is 0 Å². The van der Waals surface area contributed by atoms with Gasteiger partial charge in [-0.25, -0.2) is 0 Å². The molecule has 1 heteroatoms. The van der Waals surface area contributed by atoms with Crippen LogP contribution in [0.3, 0.4) is 0 Å². The van der Waals surface area contributed by atoms with Crippen LogP contribution in [0, 0.1) is 0 Å². The van der Waals surface area contributed by atoms with Crippen molar-refractivity contribution >= 4 is 32.9 Å². The number of hydrogen-bond donors (Lipinski definition) is 1. The standard InChI is InChI=1S/C38H27N/c1-2-9-29(10-3-1)37-25-32-12-6-7-13-33(32)26-38(37)30-18-22-36(23-19-30)39-35-20-16-28(17-21-35)34-15-14-27-8-4-5-11-31(27)24-34/h1-26,39H. The third kappa shape index (κ3) is 4.67. The zero-order valence-electron chi connectivity index (χ0n) is 21.5. The smallest absolute Gasteiger partial charge is 0.0384 e. The largest absolute Gasteiger partial charge is 0.356 e. The molecule has 0 aliphatic heterocycles. The number of anilines is 2. The molecule has 1 nitrogen and oxygen atoms in total. The monoisotopic (exact) mass is 497 g/mol. The van der Waals surface area contributed by atoms with Gasteiger partial charge in [0.2, 0.25) is 0 Å². The first-order valence-corrected chi connectivity index (χ1v) is 13.4. The molecular weight excluding hydrogens is 470 g/mol. The second-order valence-electron chi connectivity index (χ2n) is 9.95. The Hall–Kier alpha value is -5.14. The molecule has 7 rings (SSSR count). The topological polar surface area (TPSA) is 12.0 Å². The van der Waals surface area contributed by atoms with E-state index < -0.39 is 0 Å². The molecule has 0 aromatic heterocycles. The van der Waals surface area contributed by atoms with Gasteiger partial charge in [0.15, 0.2) is 0 Å². The molecule has 0 heterocycles. The van der Waals surface area contributed by atoms with Crippen LogP contribution >= 0.6 is 0 Å². The van der Waals surface area contributed by atoms with Gasteiger partial charge in [0.25, 0.3) is 0 Å². The van der Waals surface area contributed by atoms with Crippen molar-refractivity contribution in [3.05, 3.63) is 158 Å². The summed E-state index contributed by atoms with van der Waals surface area (Å²) >= 11 is 0. The summed E-state index contributed by atoms with van der Waals surface area (Å²) in [5.41, 5.74) is 9.51. The van der Waals surface area contributed by atoms with Crippen molar-refractivity contribution in [1.29, 1.82) is 0 Å². The normalized spacial score (nSPS) is 11.1. The average molecular weight is 498 g/mol. The summed E-state index contributed by atoms with van der Waals surface area (Å²) in [6.07, 6.45) is 0. The molecule has 0 unspecified atom stereocenters. The van der Waals surface area contributed by atoms with Gasteiger partial charge in [0, 0.05) is 11.4 Å². The summed E-state index contributed by atoms with van der Waals surface area (Å²) in [5.74, 6) is 0. The van der Waals surface area contributed by atoms with Crippen molar-refractivity contribution in [2.24, 2.45) is 0 Å². The summed E-state index contributed by atoms with van der Waals surface area (Å²) in [6, 6.07) is 56.4. The molecule has 0 atom stereocenters. The zero-order valence-corrected chi connectivity index (χ0v) is 21.5. The summed E-state index contributed by atoms with van der Waals surface area (Å²) in [7, 11) is 0. The maximum absolute atomic E-state index is 3.57. The van der Waals surface area contributed by atoms with Gasteiger partial charge < -0.3 is 5.32 Å². The summed E-state index contributed by atoms with van der Waals surface area (Å²) in [5, 5.41) is 8.60. The molecule has 7 aromatic carbocycles. The number of nitrogens with one attached hydrogen (secondary N) is 1. The van der Waals surface area contributed by atoms with Crippen LogP contribution in [0.15, 0.2) is 158 Å². The van der Waals surface area contributed by atoms with Gasteiger partial charge in [0.05, 0.1) is 0 Å². The molecule has 0 saturated carbocycles. The van der Waals surface area contributed by atoms with E-state index >= 15 is 0 Å². The lowest BCUT2D eigenvalue weighted by molar-refractivity contribution is 1.54. The lowest BCUT2D eigenvalue weighted by Gasteiger charge is -2.14. The summed E-state index contributed by atoms with van der Waals surface area (Å²) in [6.45, 7) is 0. The van der Waals surface area contributed by atoms with Gasteiger partial charge in [-0.2, -0.15) is 0 Å². The Morgan fingerprint density at radius 2 is 0.718 bits per heavy atom. The Kier molecular flexibility index (Phi) is 5.88. The van der Waals surface area contributed by atoms with E-state index in [1.54, 1.807) is 0 Å². The molecule has 0 radical (unpaired) electrons. The van der Waals surface area contributed by atoms with Crippen LogP contribution in [0.1, 0.15) is 0 Å². The lowest BCUT2D eigenvalue weighted by Crippen LogP contribution is -1.91. The van der Waals surface area contributed by atoms with E-state index in [2.05, 4.69) is 163 Å². The van der Waals surface area contributed by atoms with Gasteiger partial charge in [0.1, 0.15) is 0 Å². The number of hydrogen-bond acceptors (Lipinski definition) is 1. The second kappa shape index (κ2) is 9.96. The van der Waals surface area contributed by atoms with Gasteiger partial charge in [-0.3, -0.25) is 0 Å². The zero-order chi connectivity index (χ0) is 26.0. The van der Waals surface area contributed by atoms with Crippen molar-refractivity contribution in [3.8, 4) is 33.4 Å². The average Bonchev–Trinajstić information content (AvgIpc) is 3.01. The highest BCUT2D eigenvalue weighted by atomic mass is 14.9. The molecule has 0 fully saturated rings. The van der Waals surface area contributed by atoms with E-state index in [9.17, 15) is 0 Å². The van der Waals surface area contributed by atoms with E-state index in [1.165, 1.54) is 54.9 Å². The van der Waals surface area contributed by atoms with Crippen molar-refractivity contribution in [3.63, 3.8) is 0 Å². The van der Waals surface area contributed by atoms with Crippen molar-refractivity contribution in [2.75, 3.05) is 5.32 Å². The van der Waals surface area contributed by atoms with Crippen LogP contribution in [-0.2, 0) is 0 Å². The van der Waals surface area contributed by atoms with Crippen molar-refractivity contribution in [2.45, 2.75) is 0 Å². The van der Waals surface area contributed by atoms with Gasteiger partial charge in [-0.15, -0.1) is 0 Å². The minimum Gasteiger partial charge on any atom is -0.356 e. The van der Waals surface area contributed by atoms with Crippen molar-refractivity contribution < 1.29 is 0 Å². The third-order valence-electron chi connectivity index (χ3n) is 7.42. The van der Waals surface area contributed by atoms with E-state index in [1.807, 2.05) is 0 Å². The molecular formula is C38H27N. The molecule has 0 aliphatic rings. The molecule has 0 saturated heterocycles. The highest BCUT2D eigenvalue weighted by Crippen LogP contribution is 2.36. The molecule has 1 N–H and O–H groups in total. The first-order chi connectivity index (χ1) is 19.3. The van der Waals surface area contributed by atoms with Crippen LogP contribution in [0.5, 0.6) is 0 Å². The Balaban J connectivity index is 1.16. The van der Waals surface area contributed by atoms with Crippen molar-refractivity contribution in [1.82, 2.24) is 0 Å². The Labute approximate surface area is 229 Å². The summed E-state index contributed by atoms with van der Waals surface area (Å²) in [4.78, 5) is 0. The van der Waals surface area contributed by atoms with Crippen LogP contribution in [0.4, 0.5) is 11.4 Å². The Morgan fingerprint density at radius 1 is 0.282 bits per heavy atom. The number of fused-ring (bicyclic) bond motifs is 2. The predicted molar refractivity (Wildman–Crippen MR) is 167 cm³/mol. The third-order valence-corrected chi connectivity index (χ3v) is 7.42. The molecule has 0 amide bonds. The number of benzene rings is 7. The van der Waals surface area contributed by atoms with Crippen LogP contribution < -0.4 is 5.32 Å². The number of rotatable bonds is 5. The SMILES string of the molecule is c1ccc(-c2cc3ccccc3cc2-c2ccc(Nc3ccc(-c4ccc5ccccc5c4)cc3)cc2)cc1. The van der Waals surface area contributed by atoms with E-state index in [0.29, 0.717) is 0 Å². The van der Waals surface area contributed by atoms with Gasteiger partial charge >= 0.3 is 0 Å². The first kappa shape index (κ1) is 23.0. The molecule has 0 spiro atoms. The molecule has 7 aromatic rings. The van der Waals surface area contributed by atoms with Crippen LogP contribution in [-0.4, -0.2) is 0 Å². The van der Waals surface area contributed by atoms with Crippen LogP contribution in [0.25, 0.3) is 54.9 Å². The Morgan fingerprint density at radius 3 is 1.31 bits per heavy atom. The van der Waals surface area contributed by atoms with Crippen LogP contribution in [0.2, 0.25) is 0 Å². The van der Waals surface area contributed by atoms with Gasteiger partial charge in [-0.05, 0) is 97.4 Å². The maximum atomic E-state index is 3.57. The van der Waals surface area contributed by atoms with Gasteiger partial charge in [-0.1, -0.05) is 115 Å². The fraction of sp³-hybridized carbons (Fsp3) is 0. The minimum atomic E-state index is 1.07. The highest BCUT2D eigenvalue weighted by molar-refractivity contribution is 5.96. The lowest BCUT2D eigenvalue weighted by atomic mass is 9.91. The fourth-order valence-electron chi connectivity index (χ4n) is 5.35. The molecule has 0 bridgehead atoms. The highest BCUT2D eigenvalue weighted by Gasteiger charge is 2.10. The predicted octanol–water partition coefficient (Wildman–Crippen LogP) is 10.7. The summed E-state index contributed by atoms with van der Waals surface area (Å²) < 4.78 is 0. The minimum absolute atomic E-state index is 1.07. The second-order valence-corrected chi connectivity index (χ2v) is 9.95. The maximum Gasteiger partial charge on any atom is 0.0384 e.